The van der Waals surface area contributed by atoms with Gasteiger partial charge in [-0.25, -0.2) is 0 Å². The van der Waals surface area contributed by atoms with E-state index in [1.807, 2.05) is 0 Å². The fourth-order valence-electron chi connectivity index (χ4n) is 7.37. The number of carbonyl (C=O) groups excluding carboxylic acids is 1. The van der Waals surface area contributed by atoms with Crippen LogP contribution in [0.15, 0.2) is 0 Å². The molecule has 128 valence electrons. The zero-order valence-corrected chi connectivity index (χ0v) is 14.7. The van der Waals surface area contributed by atoms with E-state index in [4.69, 9.17) is 9.47 Å². The van der Waals surface area contributed by atoms with Crippen molar-refractivity contribution in [2.45, 2.75) is 77.1 Å². The van der Waals surface area contributed by atoms with Gasteiger partial charge in [0.2, 0.25) is 0 Å². The predicted octanol–water partition coefficient (Wildman–Crippen LogP) is 3.80. The second-order valence-electron chi connectivity index (χ2n) is 8.95. The Hall–Kier alpha value is -0.570. The van der Waals surface area contributed by atoms with E-state index < -0.39 is 0 Å². The predicted molar refractivity (Wildman–Crippen MR) is 86.6 cm³/mol. The van der Waals surface area contributed by atoms with Gasteiger partial charge in [-0.05, 0) is 74.0 Å². The van der Waals surface area contributed by atoms with Crippen molar-refractivity contribution in [3.63, 3.8) is 0 Å². The zero-order chi connectivity index (χ0) is 15.9. The molecule has 23 heavy (non-hydrogen) atoms. The van der Waals surface area contributed by atoms with Gasteiger partial charge in [0.05, 0.1) is 18.1 Å². The maximum absolute atomic E-state index is 13.0. The molecule has 4 aliphatic carbocycles. The average Bonchev–Trinajstić information content (AvgIpc) is 2.95. The number of epoxide rings is 1. The van der Waals surface area contributed by atoms with Crippen molar-refractivity contribution in [3.8, 4) is 0 Å². The maximum Gasteiger partial charge on any atom is 0.309 e. The minimum absolute atomic E-state index is 0.123. The Morgan fingerprint density at radius 3 is 2.26 bits per heavy atom. The first-order chi connectivity index (χ1) is 11.1. The highest BCUT2D eigenvalue weighted by Crippen LogP contribution is 2.73. The molecule has 0 radical (unpaired) electrons. The quantitative estimate of drug-likeness (QED) is 0.440. The molecule has 4 saturated carbocycles. The van der Waals surface area contributed by atoms with Crippen LogP contribution < -0.4 is 0 Å². The molecule has 1 saturated heterocycles. The number of carbonyl (C=O) groups is 1. The van der Waals surface area contributed by atoms with E-state index in [1.54, 1.807) is 0 Å². The van der Waals surface area contributed by atoms with Gasteiger partial charge >= 0.3 is 5.97 Å². The molecule has 0 amide bonds. The summed E-state index contributed by atoms with van der Waals surface area (Å²) in [4.78, 5) is 13.0. The largest absolute Gasteiger partial charge is 0.459 e. The maximum atomic E-state index is 13.0. The number of rotatable bonds is 5. The molecule has 0 spiro atoms. The highest BCUT2D eigenvalue weighted by molar-refractivity contribution is 5.74. The highest BCUT2D eigenvalue weighted by atomic mass is 16.6. The van der Waals surface area contributed by atoms with Crippen LogP contribution in [0.3, 0.4) is 0 Å². The van der Waals surface area contributed by atoms with E-state index in [0.29, 0.717) is 18.1 Å². The lowest BCUT2D eigenvalue weighted by molar-refractivity contribution is -0.170. The molecule has 5 fully saturated rings. The van der Waals surface area contributed by atoms with Gasteiger partial charge in [-0.3, -0.25) is 4.79 Å². The van der Waals surface area contributed by atoms with Crippen molar-refractivity contribution in [1.82, 2.24) is 0 Å². The van der Waals surface area contributed by atoms with E-state index in [1.165, 1.54) is 12.8 Å². The summed E-state index contributed by atoms with van der Waals surface area (Å²) in [5, 5.41) is 0. The van der Waals surface area contributed by atoms with Crippen molar-refractivity contribution in [2.24, 2.45) is 41.4 Å². The molecule has 1 aliphatic heterocycles. The third kappa shape index (κ3) is 1.78. The lowest BCUT2D eigenvalue weighted by atomic mass is 9.67. The smallest absolute Gasteiger partial charge is 0.309 e. The molecule has 5 aliphatic rings. The third-order valence-electron chi connectivity index (χ3n) is 8.62. The fraction of sp³-hybridized carbons (Fsp3) is 0.950. The second kappa shape index (κ2) is 4.74. The number of ether oxygens (including phenoxy) is 2. The molecule has 0 N–H and O–H groups in total. The third-order valence-corrected chi connectivity index (χ3v) is 8.62. The molecular weight excluding hydrogens is 288 g/mol. The van der Waals surface area contributed by atoms with Gasteiger partial charge in [0.15, 0.2) is 0 Å². The van der Waals surface area contributed by atoms with Gasteiger partial charge in [0, 0.05) is 0 Å². The van der Waals surface area contributed by atoms with Crippen LogP contribution in [0.1, 0.15) is 59.3 Å². The molecule has 4 bridgehead atoms. The molecule has 5 rings (SSSR count). The van der Waals surface area contributed by atoms with E-state index in [0.717, 1.165) is 55.3 Å². The molecule has 3 heteroatoms. The molecule has 3 nitrogen and oxygen atoms in total. The molecule has 9 unspecified atom stereocenters. The Bertz CT molecular complexity index is 517. The summed E-state index contributed by atoms with van der Waals surface area (Å²) in [6.45, 7) is 6.45. The summed E-state index contributed by atoms with van der Waals surface area (Å²) in [7, 11) is 0. The molecule has 9 atom stereocenters. The van der Waals surface area contributed by atoms with Gasteiger partial charge in [0.1, 0.15) is 5.60 Å². The van der Waals surface area contributed by atoms with Crippen LogP contribution in [-0.2, 0) is 14.3 Å². The van der Waals surface area contributed by atoms with Crippen molar-refractivity contribution in [3.05, 3.63) is 0 Å². The Kier molecular flexibility index (Phi) is 3.04. The van der Waals surface area contributed by atoms with Crippen LogP contribution in [0.4, 0.5) is 0 Å². The molecular formula is C20H30O3. The van der Waals surface area contributed by atoms with Crippen LogP contribution in [0.25, 0.3) is 0 Å². The van der Waals surface area contributed by atoms with Crippen LogP contribution in [0.5, 0.6) is 0 Å². The number of fused-ring (bicyclic) bond motifs is 12. The van der Waals surface area contributed by atoms with Gasteiger partial charge in [-0.2, -0.15) is 0 Å². The van der Waals surface area contributed by atoms with Gasteiger partial charge in [-0.15, -0.1) is 0 Å². The number of esters is 1. The standard InChI is InChI=1S/C20H30O3/c1-4-20(5-2,6-3)23-19(21)12-8-10-7-11(12)16-14-9-13(15(10)16)17-18(14)22-17/h10-18H,4-9H2,1-3H3. The number of hydrogen-bond donors (Lipinski definition) is 0. The molecule has 0 aromatic rings. The average molecular weight is 318 g/mol. The second-order valence-corrected chi connectivity index (χ2v) is 8.95. The van der Waals surface area contributed by atoms with Crippen LogP contribution in [-0.4, -0.2) is 23.8 Å². The van der Waals surface area contributed by atoms with Crippen molar-refractivity contribution < 1.29 is 14.3 Å². The molecule has 0 aromatic heterocycles. The Morgan fingerprint density at radius 2 is 1.61 bits per heavy atom. The first-order valence-electron chi connectivity index (χ1n) is 10.0. The van der Waals surface area contributed by atoms with E-state index >= 15 is 0 Å². The van der Waals surface area contributed by atoms with Gasteiger partial charge < -0.3 is 9.47 Å². The first-order valence-corrected chi connectivity index (χ1v) is 10.0. The van der Waals surface area contributed by atoms with E-state index in [2.05, 4.69) is 20.8 Å². The number of hydrogen-bond acceptors (Lipinski definition) is 3. The minimum Gasteiger partial charge on any atom is -0.459 e. The van der Waals surface area contributed by atoms with Crippen molar-refractivity contribution in [2.75, 3.05) is 0 Å². The fourth-order valence-corrected chi connectivity index (χ4v) is 7.37. The van der Waals surface area contributed by atoms with Crippen LogP contribution >= 0.6 is 0 Å². The first kappa shape index (κ1) is 14.7. The zero-order valence-electron chi connectivity index (χ0n) is 14.7. The lowest BCUT2D eigenvalue weighted by Crippen LogP contribution is -2.42. The van der Waals surface area contributed by atoms with E-state index in [-0.39, 0.29) is 17.5 Å². The van der Waals surface area contributed by atoms with E-state index in [9.17, 15) is 4.79 Å². The van der Waals surface area contributed by atoms with Crippen LogP contribution in [0, 0.1) is 41.4 Å². The minimum atomic E-state index is -0.225. The van der Waals surface area contributed by atoms with Crippen molar-refractivity contribution >= 4 is 5.97 Å². The monoisotopic (exact) mass is 318 g/mol. The Morgan fingerprint density at radius 1 is 0.957 bits per heavy atom. The highest BCUT2D eigenvalue weighted by Gasteiger charge is 2.74. The molecule has 0 aromatic carbocycles. The topological polar surface area (TPSA) is 38.8 Å². The normalized spacial score (nSPS) is 51.7. The Balaban J connectivity index is 1.33. The summed E-state index contributed by atoms with van der Waals surface area (Å²) in [5.41, 5.74) is -0.225. The summed E-state index contributed by atoms with van der Waals surface area (Å²) < 4.78 is 12.0. The summed E-state index contributed by atoms with van der Waals surface area (Å²) in [6.07, 6.45) is 7.75. The van der Waals surface area contributed by atoms with Crippen molar-refractivity contribution in [1.29, 1.82) is 0 Å². The summed E-state index contributed by atoms with van der Waals surface area (Å²) in [6, 6.07) is 0. The van der Waals surface area contributed by atoms with Crippen LogP contribution in [0.2, 0.25) is 0 Å². The Labute approximate surface area is 139 Å². The van der Waals surface area contributed by atoms with Gasteiger partial charge in [-0.1, -0.05) is 20.8 Å². The summed E-state index contributed by atoms with van der Waals surface area (Å²) in [5.74, 6) is 4.95. The SMILES string of the molecule is CCC(CC)(CC)OC(=O)C1CC2CC1C1C3CC(C4OC34)C21. The lowest BCUT2D eigenvalue weighted by Gasteiger charge is -2.38. The molecule has 1 heterocycles. The van der Waals surface area contributed by atoms with Gasteiger partial charge in [0.25, 0.3) is 0 Å². The summed E-state index contributed by atoms with van der Waals surface area (Å²) >= 11 is 0.